The van der Waals surface area contributed by atoms with Crippen LogP contribution in [0.25, 0.3) is 0 Å². The molecule has 0 saturated heterocycles. The Kier molecular flexibility index (Phi) is 3.54. The summed E-state index contributed by atoms with van der Waals surface area (Å²) >= 11 is 6.08. The summed E-state index contributed by atoms with van der Waals surface area (Å²) in [4.78, 5) is 4.25. The van der Waals surface area contributed by atoms with E-state index in [1.807, 2.05) is 42.5 Å². The molecule has 1 heterocycles. The number of hydrogen-bond donors (Lipinski definition) is 1. The molecule has 1 aromatic heterocycles. The van der Waals surface area contributed by atoms with Crippen molar-refractivity contribution in [2.45, 2.75) is 12.5 Å². The van der Waals surface area contributed by atoms with E-state index in [1.165, 1.54) is 0 Å². The maximum Gasteiger partial charge on any atom is 0.0453 e. The number of nitrogens with two attached hydrogens (primary N) is 1. The molecular weight excluding hydrogens is 220 g/mol. The topological polar surface area (TPSA) is 38.9 Å². The molecule has 0 aliphatic carbocycles. The van der Waals surface area contributed by atoms with Crippen LogP contribution in [0.2, 0.25) is 5.02 Å². The van der Waals surface area contributed by atoms with Gasteiger partial charge in [0.25, 0.3) is 0 Å². The number of hydrogen-bond acceptors (Lipinski definition) is 2. The first-order valence-electron chi connectivity index (χ1n) is 5.17. The van der Waals surface area contributed by atoms with E-state index in [4.69, 9.17) is 17.3 Å². The van der Waals surface area contributed by atoms with Crippen molar-refractivity contribution in [3.8, 4) is 0 Å². The molecule has 2 nitrogen and oxygen atoms in total. The van der Waals surface area contributed by atoms with Crippen molar-refractivity contribution in [1.82, 2.24) is 4.98 Å². The fourth-order valence-corrected chi connectivity index (χ4v) is 1.91. The highest BCUT2D eigenvalue weighted by Crippen LogP contribution is 2.22. The molecule has 2 aromatic rings. The molecule has 82 valence electrons. The zero-order valence-electron chi connectivity index (χ0n) is 8.81. The average Bonchev–Trinajstić information content (AvgIpc) is 2.31. The van der Waals surface area contributed by atoms with Crippen LogP contribution in [-0.2, 0) is 6.42 Å². The van der Waals surface area contributed by atoms with Crippen LogP contribution >= 0.6 is 11.6 Å². The molecule has 1 unspecified atom stereocenters. The van der Waals surface area contributed by atoms with E-state index in [9.17, 15) is 0 Å². The molecule has 1 atom stereocenters. The van der Waals surface area contributed by atoms with Crippen molar-refractivity contribution < 1.29 is 0 Å². The molecule has 0 bridgehead atoms. The summed E-state index contributed by atoms with van der Waals surface area (Å²) in [6.07, 6.45) is 2.47. The number of nitrogens with zero attached hydrogens (tertiary/aromatic N) is 1. The summed E-state index contributed by atoms with van der Waals surface area (Å²) < 4.78 is 0. The van der Waals surface area contributed by atoms with Crippen LogP contribution < -0.4 is 5.73 Å². The molecular formula is C13H13ClN2. The largest absolute Gasteiger partial charge is 0.324 e. The van der Waals surface area contributed by atoms with E-state index in [0.717, 1.165) is 11.3 Å². The van der Waals surface area contributed by atoms with Gasteiger partial charge in [0.2, 0.25) is 0 Å². The summed E-state index contributed by atoms with van der Waals surface area (Å²) in [6, 6.07) is 13.4. The van der Waals surface area contributed by atoms with E-state index >= 15 is 0 Å². The van der Waals surface area contributed by atoms with Crippen LogP contribution in [0.4, 0.5) is 0 Å². The first-order valence-corrected chi connectivity index (χ1v) is 5.55. The summed E-state index contributed by atoms with van der Waals surface area (Å²) in [7, 11) is 0. The Bertz CT molecular complexity index is 456. The van der Waals surface area contributed by atoms with Crippen LogP contribution in [-0.4, -0.2) is 4.98 Å². The number of aromatic nitrogens is 1. The van der Waals surface area contributed by atoms with Crippen LogP contribution in [0, 0.1) is 0 Å². The molecule has 0 spiro atoms. The van der Waals surface area contributed by atoms with Gasteiger partial charge in [-0.1, -0.05) is 35.9 Å². The van der Waals surface area contributed by atoms with Crippen molar-refractivity contribution in [1.29, 1.82) is 0 Å². The molecule has 0 radical (unpaired) electrons. The quantitative estimate of drug-likeness (QED) is 0.884. The number of halogens is 1. The first-order chi connectivity index (χ1) is 7.77. The maximum absolute atomic E-state index is 6.10. The van der Waals surface area contributed by atoms with Gasteiger partial charge in [-0.15, -0.1) is 0 Å². The van der Waals surface area contributed by atoms with Gasteiger partial charge in [0, 0.05) is 29.4 Å². The Labute approximate surface area is 100 Å². The summed E-state index contributed by atoms with van der Waals surface area (Å²) in [5.74, 6) is 0. The third-order valence-electron chi connectivity index (χ3n) is 2.46. The molecule has 1 aromatic carbocycles. The van der Waals surface area contributed by atoms with Crippen molar-refractivity contribution >= 4 is 11.6 Å². The highest BCUT2D eigenvalue weighted by molar-refractivity contribution is 6.31. The van der Waals surface area contributed by atoms with E-state index < -0.39 is 0 Å². The highest BCUT2D eigenvalue weighted by atomic mass is 35.5. The van der Waals surface area contributed by atoms with Gasteiger partial charge >= 0.3 is 0 Å². The molecule has 3 heteroatoms. The predicted molar refractivity (Wildman–Crippen MR) is 66.3 cm³/mol. The van der Waals surface area contributed by atoms with Crippen molar-refractivity contribution in [2.24, 2.45) is 5.73 Å². The van der Waals surface area contributed by atoms with E-state index in [2.05, 4.69) is 4.98 Å². The van der Waals surface area contributed by atoms with Gasteiger partial charge in [0.1, 0.15) is 0 Å². The second-order valence-corrected chi connectivity index (χ2v) is 4.06. The molecule has 0 aliphatic heterocycles. The molecule has 2 rings (SSSR count). The zero-order chi connectivity index (χ0) is 11.4. The van der Waals surface area contributed by atoms with Crippen molar-refractivity contribution in [3.63, 3.8) is 0 Å². The predicted octanol–water partition coefficient (Wildman–Crippen LogP) is 2.98. The Morgan fingerprint density at radius 3 is 2.56 bits per heavy atom. The van der Waals surface area contributed by atoms with Gasteiger partial charge in [0.05, 0.1) is 0 Å². The Hall–Kier alpha value is -1.38. The lowest BCUT2D eigenvalue weighted by molar-refractivity contribution is 0.707. The molecule has 16 heavy (non-hydrogen) atoms. The normalized spacial score (nSPS) is 12.4. The van der Waals surface area contributed by atoms with Crippen LogP contribution in [0.15, 0.2) is 48.7 Å². The minimum absolute atomic E-state index is 0.108. The van der Waals surface area contributed by atoms with Gasteiger partial charge in [-0.2, -0.15) is 0 Å². The lowest BCUT2D eigenvalue weighted by atomic mass is 10.0. The number of benzene rings is 1. The number of rotatable bonds is 3. The van der Waals surface area contributed by atoms with Crippen LogP contribution in [0.3, 0.4) is 0 Å². The second kappa shape index (κ2) is 5.10. The van der Waals surface area contributed by atoms with E-state index in [1.54, 1.807) is 6.20 Å². The maximum atomic E-state index is 6.10. The number of pyridine rings is 1. The molecule has 0 aliphatic rings. The van der Waals surface area contributed by atoms with Gasteiger partial charge in [0.15, 0.2) is 0 Å². The standard InChI is InChI=1S/C13H13ClN2/c14-12-7-2-1-6-11(12)13(15)9-10-5-3-4-8-16-10/h1-8,13H,9,15H2. The Morgan fingerprint density at radius 1 is 1.12 bits per heavy atom. The van der Waals surface area contributed by atoms with Gasteiger partial charge < -0.3 is 5.73 Å². The minimum Gasteiger partial charge on any atom is -0.324 e. The third-order valence-corrected chi connectivity index (χ3v) is 2.80. The fraction of sp³-hybridized carbons (Fsp3) is 0.154. The van der Waals surface area contributed by atoms with Crippen molar-refractivity contribution in [3.05, 3.63) is 64.9 Å². The van der Waals surface area contributed by atoms with Gasteiger partial charge in [-0.05, 0) is 23.8 Å². The molecule has 0 amide bonds. The summed E-state index contributed by atoms with van der Waals surface area (Å²) in [5.41, 5.74) is 8.05. The monoisotopic (exact) mass is 232 g/mol. The lowest BCUT2D eigenvalue weighted by Gasteiger charge is -2.12. The first kappa shape index (κ1) is 11.1. The molecule has 0 fully saturated rings. The zero-order valence-corrected chi connectivity index (χ0v) is 9.56. The van der Waals surface area contributed by atoms with E-state index in [0.29, 0.717) is 11.4 Å². The smallest absolute Gasteiger partial charge is 0.0453 e. The Balaban J connectivity index is 2.15. The Morgan fingerprint density at radius 2 is 1.88 bits per heavy atom. The SMILES string of the molecule is NC(Cc1ccccn1)c1ccccc1Cl. The summed E-state index contributed by atoms with van der Waals surface area (Å²) in [6.45, 7) is 0. The lowest BCUT2D eigenvalue weighted by Crippen LogP contribution is -2.14. The fourth-order valence-electron chi connectivity index (χ4n) is 1.63. The third kappa shape index (κ3) is 2.60. The van der Waals surface area contributed by atoms with Crippen molar-refractivity contribution in [2.75, 3.05) is 0 Å². The highest BCUT2D eigenvalue weighted by Gasteiger charge is 2.10. The van der Waals surface area contributed by atoms with Gasteiger partial charge in [-0.25, -0.2) is 0 Å². The van der Waals surface area contributed by atoms with E-state index in [-0.39, 0.29) is 6.04 Å². The average molecular weight is 233 g/mol. The van der Waals surface area contributed by atoms with Crippen LogP contribution in [0.5, 0.6) is 0 Å². The molecule has 2 N–H and O–H groups in total. The minimum atomic E-state index is -0.108. The summed E-state index contributed by atoms with van der Waals surface area (Å²) in [5, 5.41) is 0.714. The molecule has 0 saturated carbocycles. The van der Waals surface area contributed by atoms with Crippen LogP contribution in [0.1, 0.15) is 17.3 Å². The second-order valence-electron chi connectivity index (χ2n) is 3.65. The van der Waals surface area contributed by atoms with Gasteiger partial charge in [-0.3, -0.25) is 4.98 Å².